The molecule has 0 saturated heterocycles. The van der Waals surface area contributed by atoms with Crippen molar-refractivity contribution in [3.8, 4) is 0 Å². The van der Waals surface area contributed by atoms with Gasteiger partial charge >= 0.3 is 0 Å². The number of rotatable bonds is 6. The molecule has 1 aliphatic carbocycles. The second-order valence-corrected chi connectivity index (χ2v) is 7.28. The van der Waals surface area contributed by atoms with Gasteiger partial charge in [-0.2, -0.15) is 0 Å². The molecule has 1 aliphatic rings. The average molecular weight is 253 g/mol. The molecule has 1 fully saturated rings. The molecule has 1 rings (SSSR count). The molecule has 0 aromatic rings. The quantitative estimate of drug-likeness (QED) is 0.782. The van der Waals surface area contributed by atoms with Crippen molar-refractivity contribution in [1.29, 1.82) is 0 Å². The lowest BCUT2D eigenvalue weighted by Gasteiger charge is -2.31. The summed E-state index contributed by atoms with van der Waals surface area (Å²) in [6, 6.07) is 0. The van der Waals surface area contributed by atoms with E-state index in [9.17, 15) is 4.79 Å². The maximum absolute atomic E-state index is 12.3. The second-order valence-electron chi connectivity index (χ2n) is 7.28. The Balaban J connectivity index is 2.40. The zero-order valence-electron chi connectivity index (χ0n) is 12.7. The van der Waals surface area contributed by atoms with Crippen LogP contribution in [0.5, 0.6) is 0 Å². The largest absolute Gasteiger partial charge is 0.330 e. The van der Waals surface area contributed by atoms with E-state index in [-0.39, 0.29) is 5.41 Å². The minimum Gasteiger partial charge on any atom is -0.330 e. The van der Waals surface area contributed by atoms with Crippen LogP contribution < -0.4 is 5.73 Å². The van der Waals surface area contributed by atoms with Crippen LogP contribution in [0.2, 0.25) is 0 Å². The Morgan fingerprint density at radius 1 is 1.11 bits per heavy atom. The van der Waals surface area contributed by atoms with Crippen LogP contribution in [0.1, 0.15) is 66.2 Å². The summed E-state index contributed by atoms with van der Waals surface area (Å²) in [7, 11) is 0. The Kier molecular flexibility index (Phi) is 5.84. The van der Waals surface area contributed by atoms with Crippen molar-refractivity contribution in [2.45, 2.75) is 66.2 Å². The molecule has 1 saturated carbocycles. The van der Waals surface area contributed by atoms with Gasteiger partial charge < -0.3 is 5.73 Å². The van der Waals surface area contributed by atoms with Gasteiger partial charge in [-0.3, -0.25) is 4.79 Å². The van der Waals surface area contributed by atoms with Crippen molar-refractivity contribution < 1.29 is 4.79 Å². The van der Waals surface area contributed by atoms with Crippen molar-refractivity contribution in [2.24, 2.45) is 28.9 Å². The Hall–Kier alpha value is -0.370. The van der Waals surface area contributed by atoms with E-state index in [2.05, 4.69) is 27.7 Å². The summed E-state index contributed by atoms with van der Waals surface area (Å²) >= 11 is 0. The van der Waals surface area contributed by atoms with Crippen LogP contribution in [-0.2, 0) is 4.79 Å². The second kappa shape index (κ2) is 6.70. The zero-order valence-corrected chi connectivity index (χ0v) is 12.7. The Morgan fingerprint density at radius 3 is 2.17 bits per heavy atom. The van der Waals surface area contributed by atoms with E-state index in [0.717, 1.165) is 50.5 Å². The van der Waals surface area contributed by atoms with E-state index < -0.39 is 0 Å². The molecule has 0 heterocycles. The number of nitrogens with two attached hydrogens (primary N) is 1. The normalized spacial score (nSPS) is 29.3. The first-order chi connectivity index (χ1) is 8.34. The highest BCUT2D eigenvalue weighted by Gasteiger charge is 2.29. The maximum atomic E-state index is 12.3. The highest BCUT2D eigenvalue weighted by Crippen LogP contribution is 2.35. The summed E-state index contributed by atoms with van der Waals surface area (Å²) in [6.45, 7) is 9.74. The van der Waals surface area contributed by atoms with Crippen LogP contribution in [0.3, 0.4) is 0 Å². The van der Waals surface area contributed by atoms with E-state index in [1.165, 1.54) is 6.42 Å². The summed E-state index contributed by atoms with van der Waals surface area (Å²) in [4.78, 5) is 12.3. The summed E-state index contributed by atoms with van der Waals surface area (Å²) in [5, 5.41) is 0. The molecule has 2 atom stereocenters. The Labute approximate surface area is 113 Å². The number of hydrogen-bond donors (Lipinski definition) is 1. The number of hydrogen-bond acceptors (Lipinski definition) is 2. The molecule has 0 aromatic heterocycles. The van der Waals surface area contributed by atoms with Gasteiger partial charge in [0.2, 0.25) is 0 Å². The van der Waals surface area contributed by atoms with Crippen LogP contribution in [0.15, 0.2) is 0 Å². The van der Waals surface area contributed by atoms with Crippen LogP contribution in [0.4, 0.5) is 0 Å². The van der Waals surface area contributed by atoms with Crippen molar-refractivity contribution >= 4 is 5.78 Å². The van der Waals surface area contributed by atoms with Gasteiger partial charge in [0.1, 0.15) is 5.78 Å². The molecule has 0 bridgehead atoms. The summed E-state index contributed by atoms with van der Waals surface area (Å²) in [5.74, 6) is 2.27. The minimum absolute atomic E-state index is 0.219. The van der Waals surface area contributed by atoms with E-state index in [4.69, 9.17) is 5.73 Å². The van der Waals surface area contributed by atoms with E-state index in [1.807, 2.05) is 0 Å². The maximum Gasteiger partial charge on any atom is 0.136 e. The predicted octanol–water partition coefficient (Wildman–Crippen LogP) is 3.78. The SMILES string of the molecule is CC1CC(C)CC(C(=O)CCC(C)(C)CCN)C1. The van der Waals surface area contributed by atoms with Gasteiger partial charge in [-0.1, -0.05) is 27.7 Å². The first-order valence-corrected chi connectivity index (χ1v) is 7.57. The third-order valence-electron chi connectivity index (χ3n) is 4.50. The predicted molar refractivity (Wildman–Crippen MR) is 77.4 cm³/mol. The van der Waals surface area contributed by atoms with Crippen LogP contribution >= 0.6 is 0 Å². The number of ketones is 1. The fourth-order valence-corrected chi connectivity index (χ4v) is 3.39. The highest BCUT2D eigenvalue weighted by atomic mass is 16.1. The lowest BCUT2D eigenvalue weighted by Crippen LogP contribution is -2.27. The lowest BCUT2D eigenvalue weighted by molar-refractivity contribution is -0.125. The third kappa shape index (κ3) is 5.09. The van der Waals surface area contributed by atoms with Gasteiger partial charge in [-0.25, -0.2) is 0 Å². The van der Waals surface area contributed by atoms with Crippen molar-refractivity contribution in [1.82, 2.24) is 0 Å². The third-order valence-corrected chi connectivity index (χ3v) is 4.50. The van der Waals surface area contributed by atoms with Crippen LogP contribution in [0.25, 0.3) is 0 Å². The number of carbonyl (C=O) groups excluding carboxylic acids is 1. The Morgan fingerprint density at radius 2 is 1.67 bits per heavy atom. The molecule has 0 aromatic carbocycles. The molecular weight excluding hydrogens is 222 g/mol. The van der Waals surface area contributed by atoms with Crippen LogP contribution in [0, 0.1) is 23.2 Å². The molecule has 0 spiro atoms. The molecule has 0 aliphatic heterocycles. The van der Waals surface area contributed by atoms with Gasteiger partial charge in [-0.15, -0.1) is 0 Å². The molecule has 2 unspecified atom stereocenters. The molecule has 18 heavy (non-hydrogen) atoms. The first-order valence-electron chi connectivity index (χ1n) is 7.57. The van der Waals surface area contributed by atoms with Gasteiger partial charge in [0.25, 0.3) is 0 Å². The van der Waals surface area contributed by atoms with Gasteiger partial charge in [-0.05, 0) is 55.9 Å². The fraction of sp³-hybridized carbons (Fsp3) is 0.938. The molecular formula is C16H31NO. The van der Waals surface area contributed by atoms with Crippen molar-refractivity contribution in [2.75, 3.05) is 6.54 Å². The average Bonchev–Trinajstić information content (AvgIpc) is 2.24. The summed E-state index contributed by atoms with van der Waals surface area (Å²) in [6.07, 6.45) is 6.26. The van der Waals surface area contributed by atoms with Crippen molar-refractivity contribution in [3.63, 3.8) is 0 Å². The van der Waals surface area contributed by atoms with E-state index >= 15 is 0 Å². The van der Waals surface area contributed by atoms with Crippen molar-refractivity contribution in [3.05, 3.63) is 0 Å². The van der Waals surface area contributed by atoms with Gasteiger partial charge in [0.15, 0.2) is 0 Å². The van der Waals surface area contributed by atoms with E-state index in [1.54, 1.807) is 0 Å². The topological polar surface area (TPSA) is 43.1 Å². The minimum atomic E-state index is 0.219. The standard InChI is InChI=1S/C16H31NO/c1-12-9-13(2)11-14(10-12)15(18)5-6-16(3,4)7-8-17/h12-14H,5-11,17H2,1-4H3. The number of carbonyl (C=O) groups is 1. The van der Waals surface area contributed by atoms with Gasteiger partial charge in [0.05, 0.1) is 0 Å². The molecule has 2 nitrogen and oxygen atoms in total. The van der Waals surface area contributed by atoms with Crippen LogP contribution in [-0.4, -0.2) is 12.3 Å². The summed E-state index contributed by atoms with van der Waals surface area (Å²) in [5.41, 5.74) is 5.83. The molecule has 0 radical (unpaired) electrons. The Bertz CT molecular complexity index is 262. The van der Waals surface area contributed by atoms with E-state index in [0.29, 0.717) is 11.7 Å². The van der Waals surface area contributed by atoms with Gasteiger partial charge in [0, 0.05) is 12.3 Å². The molecule has 106 valence electrons. The zero-order chi connectivity index (χ0) is 13.8. The number of Topliss-reactive ketones (excluding diaryl/α,β-unsaturated/α-hetero) is 1. The monoisotopic (exact) mass is 253 g/mol. The molecule has 0 amide bonds. The summed E-state index contributed by atoms with van der Waals surface area (Å²) < 4.78 is 0. The lowest BCUT2D eigenvalue weighted by atomic mass is 9.73. The fourth-order valence-electron chi connectivity index (χ4n) is 3.39. The highest BCUT2D eigenvalue weighted by molar-refractivity contribution is 5.81. The smallest absolute Gasteiger partial charge is 0.136 e. The molecule has 2 N–H and O–H groups in total. The first kappa shape index (κ1) is 15.7. The molecule has 2 heteroatoms.